The zero-order valence-electron chi connectivity index (χ0n) is 19.8. The van der Waals surface area contributed by atoms with Gasteiger partial charge < -0.3 is 19.7 Å². The van der Waals surface area contributed by atoms with Gasteiger partial charge in [0.25, 0.3) is 0 Å². The van der Waals surface area contributed by atoms with Gasteiger partial charge >= 0.3 is 0 Å². The Morgan fingerprint density at radius 2 is 2.12 bits per heavy atom. The standard InChI is InChI=1S/C25H35N5O3/c1-4-20(3)27-24(31)9-6-12-33-25-17-22(30-10-13-32-14-11-30)16-23(28-25)29-26-18-21-8-5-7-19(2)15-21/h5,7-8,15-18,20H,4,6,9-14H2,1-3H3,(H,27,31)(H,28,29). The van der Waals surface area contributed by atoms with Crippen molar-refractivity contribution in [1.82, 2.24) is 10.3 Å². The van der Waals surface area contributed by atoms with E-state index in [2.05, 4.69) is 51.7 Å². The van der Waals surface area contributed by atoms with E-state index in [-0.39, 0.29) is 11.9 Å². The van der Waals surface area contributed by atoms with Crippen molar-refractivity contribution in [3.05, 3.63) is 47.5 Å². The molecule has 8 heteroatoms. The van der Waals surface area contributed by atoms with E-state index >= 15 is 0 Å². The van der Waals surface area contributed by atoms with Crippen LogP contribution in [0, 0.1) is 6.92 Å². The fourth-order valence-electron chi connectivity index (χ4n) is 3.41. The number of hydrazone groups is 1. The van der Waals surface area contributed by atoms with Gasteiger partial charge in [0.15, 0.2) is 5.82 Å². The number of nitrogens with zero attached hydrogens (tertiary/aromatic N) is 3. The molecule has 2 heterocycles. The second-order valence-electron chi connectivity index (χ2n) is 8.26. The lowest BCUT2D eigenvalue weighted by atomic mass is 10.2. The SMILES string of the molecule is CCC(C)NC(=O)CCCOc1cc(N2CCOCC2)cc(NN=Cc2cccc(C)c2)n1. The molecule has 3 rings (SSSR count). The normalized spacial score (nSPS) is 14.8. The van der Waals surface area contributed by atoms with Crippen molar-refractivity contribution in [2.75, 3.05) is 43.2 Å². The largest absolute Gasteiger partial charge is 0.478 e. The summed E-state index contributed by atoms with van der Waals surface area (Å²) in [5, 5.41) is 7.32. The molecule has 1 aliphatic heterocycles. The van der Waals surface area contributed by atoms with Crippen LogP contribution in [0.1, 0.15) is 44.2 Å². The average Bonchev–Trinajstić information content (AvgIpc) is 2.82. The first-order valence-electron chi connectivity index (χ1n) is 11.7. The summed E-state index contributed by atoms with van der Waals surface area (Å²) in [6, 6.07) is 12.2. The van der Waals surface area contributed by atoms with Crippen LogP contribution >= 0.6 is 0 Å². The Morgan fingerprint density at radius 3 is 2.88 bits per heavy atom. The Kier molecular flexibility index (Phi) is 9.50. The minimum atomic E-state index is 0.0517. The van der Waals surface area contributed by atoms with Gasteiger partial charge in [0.2, 0.25) is 11.8 Å². The molecular formula is C25H35N5O3. The van der Waals surface area contributed by atoms with E-state index < -0.39 is 0 Å². The number of hydrogen-bond donors (Lipinski definition) is 2. The lowest BCUT2D eigenvalue weighted by molar-refractivity contribution is -0.121. The first-order valence-corrected chi connectivity index (χ1v) is 11.7. The van der Waals surface area contributed by atoms with Gasteiger partial charge in [-0.1, -0.05) is 36.8 Å². The van der Waals surface area contributed by atoms with Gasteiger partial charge in [0, 0.05) is 43.4 Å². The zero-order chi connectivity index (χ0) is 23.5. The molecule has 2 aromatic rings. The van der Waals surface area contributed by atoms with Gasteiger partial charge in [-0.05, 0) is 32.3 Å². The fraction of sp³-hybridized carbons (Fsp3) is 0.480. The van der Waals surface area contributed by atoms with Crippen molar-refractivity contribution in [3.63, 3.8) is 0 Å². The Hall–Kier alpha value is -3.13. The van der Waals surface area contributed by atoms with Crippen LogP contribution in [0.5, 0.6) is 5.88 Å². The van der Waals surface area contributed by atoms with Crippen LogP contribution in [-0.4, -0.2) is 56.1 Å². The molecule has 0 aliphatic carbocycles. The van der Waals surface area contributed by atoms with Gasteiger partial charge in [-0.25, -0.2) is 0 Å². The molecule has 1 aromatic carbocycles. The number of pyridine rings is 1. The smallest absolute Gasteiger partial charge is 0.220 e. The number of morpholine rings is 1. The predicted molar refractivity (Wildman–Crippen MR) is 132 cm³/mol. The number of carbonyl (C=O) groups is 1. The van der Waals surface area contributed by atoms with Crippen molar-refractivity contribution in [3.8, 4) is 5.88 Å². The number of aryl methyl sites for hydroxylation is 1. The highest BCUT2D eigenvalue weighted by atomic mass is 16.5. The van der Waals surface area contributed by atoms with E-state index in [1.165, 1.54) is 5.56 Å². The molecule has 178 valence electrons. The lowest BCUT2D eigenvalue weighted by Crippen LogP contribution is -2.36. The number of hydrogen-bond acceptors (Lipinski definition) is 7. The number of nitrogens with one attached hydrogen (secondary N) is 2. The molecule has 0 radical (unpaired) electrons. The van der Waals surface area contributed by atoms with Crippen molar-refractivity contribution in [1.29, 1.82) is 0 Å². The van der Waals surface area contributed by atoms with Crippen molar-refractivity contribution in [2.45, 2.75) is 46.1 Å². The number of benzene rings is 1. The van der Waals surface area contributed by atoms with Crippen LogP contribution in [0.4, 0.5) is 11.5 Å². The molecular weight excluding hydrogens is 418 g/mol. The Balaban J connectivity index is 1.62. The number of rotatable bonds is 11. The number of anilines is 2. The summed E-state index contributed by atoms with van der Waals surface area (Å²) in [6.45, 7) is 9.53. The molecule has 0 bridgehead atoms. The summed E-state index contributed by atoms with van der Waals surface area (Å²) in [7, 11) is 0. The Morgan fingerprint density at radius 1 is 1.30 bits per heavy atom. The maximum atomic E-state index is 12.0. The number of carbonyl (C=O) groups excluding carboxylic acids is 1. The van der Waals surface area contributed by atoms with E-state index in [9.17, 15) is 4.79 Å². The summed E-state index contributed by atoms with van der Waals surface area (Å²) in [6.07, 6.45) is 3.74. The minimum Gasteiger partial charge on any atom is -0.478 e. The molecule has 1 amide bonds. The van der Waals surface area contributed by atoms with Gasteiger partial charge in [-0.2, -0.15) is 10.1 Å². The summed E-state index contributed by atoms with van der Waals surface area (Å²) >= 11 is 0. The third-order valence-electron chi connectivity index (χ3n) is 5.42. The van der Waals surface area contributed by atoms with E-state index in [0.717, 1.165) is 30.8 Å². The number of ether oxygens (including phenoxy) is 2. The van der Waals surface area contributed by atoms with Crippen LogP contribution in [-0.2, 0) is 9.53 Å². The van der Waals surface area contributed by atoms with Gasteiger partial charge in [-0.15, -0.1) is 0 Å². The minimum absolute atomic E-state index is 0.0517. The maximum absolute atomic E-state index is 12.0. The second-order valence-corrected chi connectivity index (χ2v) is 8.26. The van der Waals surface area contributed by atoms with Crippen LogP contribution < -0.4 is 20.4 Å². The molecule has 0 spiro atoms. The molecule has 33 heavy (non-hydrogen) atoms. The van der Waals surface area contributed by atoms with E-state index in [1.54, 1.807) is 6.21 Å². The molecule has 1 atom stereocenters. The van der Waals surface area contributed by atoms with Crippen LogP contribution in [0.15, 0.2) is 41.5 Å². The summed E-state index contributed by atoms with van der Waals surface area (Å²) in [4.78, 5) is 18.8. The molecule has 1 unspecified atom stereocenters. The third-order valence-corrected chi connectivity index (χ3v) is 5.42. The first kappa shape index (κ1) is 24.5. The molecule has 0 saturated carbocycles. The Labute approximate surface area is 196 Å². The molecule has 1 saturated heterocycles. The highest BCUT2D eigenvalue weighted by Gasteiger charge is 2.14. The number of amides is 1. The highest BCUT2D eigenvalue weighted by molar-refractivity contribution is 5.80. The van der Waals surface area contributed by atoms with Crippen molar-refractivity contribution in [2.24, 2.45) is 5.10 Å². The van der Waals surface area contributed by atoms with Crippen LogP contribution in [0.25, 0.3) is 0 Å². The quantitative estimate of drug-likeness (QED) is 0.306. The molecule has 1 aromatic heterocycles. The second kappa shape index (κ2) is 12.8. The number of aromatic nitrogens is 1. The lowest BCUT2D eigenvalue weighted by Gasteiger charge is -2.29. The summed E-state index contributed by atoms with van der Waals surface area (Å²) in [5.74, 6) is 1.16. The van der Waals surface area contributed by atoms with E-state index in [0.29, 0.717) is 44.4 Å². The van der Waals surface area contributed by atoms with Crippen LogP contribution in [0.3, 0.4) is 0 Å². The molecule has 8 nitrogen and oxygen atoms in total. The topological polar surface area (TPSA) is 88.1 Å². The van der Waals surface area contributed by atoms with Gasteiger partial charge in [0.05, 0.1) is 26.0 Å². The summed E-state index contributed by atoms with van der Waals surface area (Å²) < 4.78 is 11.4. The van der Waals surface area contributed by atoms with Crippen molar-refractivity contribution < 1.29 is 14.3 Å². The average molecular weight is 454 g/mol. The van der Waals surface area contributed by atoms with Gasteiger partial charge in [-0.3, -0.25) is 10.2 Å². The fourth-order valence-corrected chi connectivity index (χ4v) is 3.41. The zero-order valence-corrected chi connectivity index (χ0v) is 19.8. The summed E-state index contributed by atoms with van der Waals surface area (Å²) in [5.41, 5.74) is 6.22. The Bertz CT molecular complexity index is 928. The molecule has 1 fully saturated rings. The third kappa shape index (κ3) is 8.38. The molecule has 2 N–H and O–H groups in total. The monoisotopic (exact) mass is 453 g/mol. The first-order chi connectivity index (χ1) is 16.0. The maximum Gasteiger partial charge on any atom is 0.220 e. The highest BCUT2D eigenvalue weighted by Crippen LogP contribution is 2.25. The van der Waals surface area contributed by atoms with E-state index in [1.807, 2.05) is 31.2 Å². The van der Waals surface area contributed by atoms with Crippen molar-refractivity contribution >= 4 is 23.6 Å². The molecule has 1 aliphatic rings. The predicted octanol–water partition coefficient (Wildman–Crippen LogP) is 3.75. The van der Waals surface area contributed by atoms with Crippen LogP contribution in [0.2, 0.25) is 0 Å². The van der Waals surface area contributed by atoms with E-state index in [4.69, 9.17) is 9.47 Å². The van der Waals surface area contributed by atoms with Gasteiger partial charge in [0.1, 0.15) is 0 Å².